The van der Waals surface area contributed by atoms with Crippen molar-refractivity contribution < 1.29 is 23.8 Å². The van der Waals surface area contributed by atoms with Crippen molar-refractivity contribution in [2.24, 2.45) is 0 Å². The van der Waals surface area contributed by atoms with Crippen molar-refractivity contribution in [3.63, 3.8) is 0 Å². The molecule has 0 spiro atoms. The van der Waals surface area contributed by atoms with Crippen molar-refractivity contribution in [3.05, 3.63) is 22.3 Å². The molecule has 0 fully saturated rings. The summed E-state index contributed by atoms with van der Waals surface area (Å²) in [6.45, 7) is 0. The van der Waals surface area contributed by atoms with Crippen LogP contribution in [0.4, 0.5) is 0 Å². The molecule has 0 aromatic heterocycles. The molecule has 2 atom stereocenters. The summed E-state index contributed by atoms with van der Waals surface area (Å²) in [5.74, 6) is -0.984. The maximum absolute atomic E-state index is 12.0. The van der Waals surface area contributed by atoms with Crippen molar-refractivity contribution >= 4 is 11.9 Å². The van der Waals surface area contributed by atoms with Crippen molar-refractivity contribution in [2.75, 3.05) is 14.2 Å². The zero-order chi connectivity index (χ0) is 14.3. The van der Waals surface area contributed by atoms with Gasteiger partial charge in [0.1, 0.15) is 12.2 Å². The van der Waals surface area contributed by atoms with Crippen LogP contribution in [0.25, 0.3) is 0 Å². The van der Waals surface area contributed by atoms with Gasteiger partial charge >= 0.3 is 11.9 Å². The smallest absolute Gasteiger partial charge is 0.337 e. The normalized spacial score (nSPS) is 28.3. The van der Waals surface area contributed by atoms with Crippen LogP contribution in [0.15, 0.2) is 22.3 Å². The molecule has 0 N–H and O–H groups in total. The third-order valence-corrected chi connectivity index (χ3v) is 4.33. The van der Waals surface area contributed by atoms with Gasteiger partial charge in [-0.1, -0.05) is 6.42 Å². The minimum atomic E-state index is -0.492. The Hall–Kier alpha value is -1.62. The first-order valence-corrected chi connectivity index (χ1v) is 6.97. The Labute approximate surface area is 117 Å². The Morgan fingerprint density at radius 2 is 1.35 bits per heavy atom. The van der Waals surface area contributed by atoms with Crippen LogP contribution in [0.3, 0.4) is 0 Å². The predicted molar refractivity (Wildman–Crippen MR) is 69.8 cm³/mol. The van der Waals surface area contributed by atoms with Crippen molar-refractivity contribution in [2.45, 2.75) is 44.3 Å². The average molecular weight is 278 g/mol. The fraction of sp³-hybridized carbons (Fsp3) is 0.600. The van der Waals surface area contributed by atoms with Crippen molar-refractivity contribution in [1.29, 1.82) is 0 Å². The average Bonchev–Trinajstić information content (AvgIpc) is 2.90. The highest BCUT2D eigenvalue weighted by atomic mass is 16.5. The zero-order valence-electron chi connectivity index (χ0n) is 11.7. The molecule has 0 saturated carbocycles. The fourth-order valence-electron chi connectivity index (χ4n) is 3.45. The molecule has 0 aromatic rings. The van der Waals surface area contributed by atoms with Crippen LogP contribution in [0.5, 0.6) is 0 Å². The number of fused-ring (bicyclic) bond motifs is 4. The number of methoxy groups -OCH3 is 2. The number of esters is 2. The van der Waals surface area contributed by atoms with Crippen molar-refractivity contribution in [3.8, 4) is 0 Å². The topological polar surface area (TPSA) is 61.8 Å². The van der Waals surface area contributed by atoms with Crippen LogP contribution in [0, 0.1) is 0 Å². The number of hydrogen-bond donors (Lipinski definition) is 0. The molecule has 20 heavy (non-hydrogen) atoms. The zero-order valence-corrected chi connectivity index (χ0v) is 11.7. The van der Waals surface area contributed by atoms with E-state index in [9.17, 15) is 9.59 Å². The Morgan fingerprint density at radius 3 is 1.75 bits per heavy atom. The molecule has 0 saturated heterocycles. The summed E-state index contributed by atoms with van der Waals surface area (Å²) in [4.78, 5) is 24.0. The van der Waals surface area contributed by atoms with Crippen LogP contribution in [0.1, 0.15) is 32.1 Å². The summed E-state index contributed by atoms with van der Waals surface area (Å²) < 4.78 is 15.5. The number of carbonyl (C=O) groups is 2. The molecule has 2 aliphatic heterocycles. The molecule has 108 valence electrons. The molecule has 2 bridgehead atoms. The molecule has 3 aliphatic rings. The SMILES string of the molecule is COC(=O)C1=C(C(=O)OC)C2OC1C1=C2CCCCC1. The highest BCUT2D eigenvalue weighted by molar-refractivity contribution is 6.04. The van der Waals surface area contributed by atoms with Gasteiger partial charge in [0, 0.05) is 0 Å². The molecule has 2 heterocycles. The first-order chi connectivity index (χ1) is 9.69. The van der Waals surface area contributed by atoms with E-state index in [4.69, 9.17) is 14.2 Å². The largest absolute Gasteiger partial charge is 0.466 e. The van der Waals surface area contributed by atoms with E-state index in [-0.39, 0.29) is 0 Å². The highest BCUT2D eigenvalue weighted by Gasteiger charge is 2.51. The minimum Gasteiger partial charge on any atom is -0.466 e. The van der Waals surface area contributed by atoms with Gasteiger partial charge < -0.3 is 14.2 Å². The van der Waals surface area contributed by atoms with Gasteiger partial charge in [0.2, 0.25) is 0 Å². The van der Waals surface area contributed by atoms with E-state index in [2.05, 4.69) is 0 Å². The Bertz CT molecular complexity index is 484. The minimum absolute atomic E-state index is 0.338. The van der Waals surface area contributed by atoms with Crippen LogP contribution >= 0.6 is 0 Å². The van der Waals surface area contributed by atoms with Gasteiger partial charge in [0.05, 0.1) is 25.4 Å². The lowest BCUT2D eigenvalue weighted by Gasteiger charge is -2.18. The third kappa shape index (κ3) is 1.80. The van der Waals surface area contributed by atoms with E-state index >= 15 is 0 Å². The van der Waals surface area contributed by atoms with Crippen LogP contribution < -0.4 is 0 Å². The van der Waals surface area contributed by atoms with E-state index in [1.165, 1.54) is 31.8 Å². The van der Waals surface area contributed by atoms with E-state index in [1.54, 1.807) is 0 Å². The van der Waals surface area contributed by atoms with Gasteiger partial charge in [-0.2, -0.15) is 0 Å². The van der Waals surface area contributed by atoms with Gasteiger partial charge in [-0.05, 0) is 36.8 Å². The lowest BCUT2D eigenvalue weighted by molar-refractivity contribution is -0.139. The molecular formula is C15H18O5. The quantitative estimate of drug-likeness (QED) is 0.568. The lowest BCUT2D eigenvalue weighted by Crippen LogP contribution is -2.25. The number of rotatable bonds is 2. The summed E-state index contributed by atoms with van der Waals surface area (Å²) in [6, 6.07) is 0. The molecule has 5 heteroatoms. The maximum Gasteiger partial charge on any atom is 0.337 e. The van der Waals surface area contributed by atoms with Gasteiger partial charge in [-0.15, -0.1) is 0 Å². The second-order valence-corrected chi connectivity index (χ2v) is 5.32. The molecule has 3 rings (SSSR count). The monoisotopic (exact) mass is 278 g/mol. The molecule has 5 nitrogen and oxygen atoms in total. The molecule has 1 aliphatic carbocycles. The predicted octanol–water partition coefficient (Wildman–Crippen LogP) is 1.67. The van der Waals surface area contributed by atoms with E-state index in [0.717, 1.165) is 25.7 Å². The molecule has 0 radical (unpaired) electrons. The van der Waals surface area contributed by atoms with E-state index in [1.807, 2.05) is 0 Å². The van der Waals surface area contributed by atoms with Crippen LogP contribution in [-0.2, 0) is 23.8 Å². The Balaban J connectivity index is 2.03. The van der Waals surface area contributed by atoms with Crippen LogP contribution in [0.2, 0.25) is 0 Å². The third-order valence-electron chi connectivity index (χ3n) is 4.33. The molecular weight excluding hydrogens is 260 g/mol. The Kier molecular flexibility index (Phi) is 3.38. The van der Waals surface area contributed by atoms with Crippen LogP contribution in [-0.4, -0.2) is 38.4 Å². The second-order valence-electron chi connectivity index (χ2n) is 5.32. The summed E-state index contributed by atoms with van der Waals surface area (Å²) in [6.07, 6.45) is 4.44. The summed E-state index contributed by atoms with van der Waals surface area (Å²) in [5.41, 5.74) is 3.04. The van der Waals surface area contributed by atoms with Gasteiger partial charge in [-0.25, -0.2) is 9.59 Å². The highest BCUT2D eigenvalue weighted by Crippen LogP contribution is 2.48. The molecule has 0 amide bonds. The van der Waals surface area contributed by atoms with E-state index in [0.29, 0.717) is 11.1 Å². The standard InChI is InChI=1S/C15H18O5/c1-18-14(16)10-11(15(17)19-2)13-9-7-5-3-4-6-8(9)12(10)20-13/h12-13H,3-7H2,1-2H3. The fourth-order valence-corrected chi connectivity index (χ4v) is 3.45. The summed E-state index contributed by atoms with van der Waals surface area (Å²) >= 11 is 0. The van der Waals surface area contributed by atoms with Gasteiger partial charge in [0.15, 0.2) is 0 Å². The number of hydrogen-bond acceptors (Lipinski definition) is 5. The first-order valence-electron chi connectivity index (χ1n) is 6.97. The lowest BCUT2D eigenvalue weighted by atomic mass is 9.83. The summed E-state index contributed by atoms with van der Waals surface area (Å²) in [7, 11) is 2.64. The number of ether oxygens (including phenoxy) is 3. The first kappa shape index (κ1) is 13.4. The molecule has 2 unspecified atom stereocenters. The van der Waals surface area contributed by atoms with Crippen molar-refractivity contribution in [1.82, 2.24) is 0 Å². The maximum atomic E-state index is 12.0. The second kappa shape index (κ2) is 5.05. The number of carbonyl (C=O) groups excluding carboxylic acids is 2. The van der Waals surface area contributed by atoms with E-state index < -0.39 is 24.1 Å². The molecule has 0 aromatic carbocycles. The van der Waals surface area contributed by atoms with Gasteiger partial charge in [0.25, 0.3) is 0 Å². The Morgan fingerprint density at radius 1 is 0.900 bits per heavy atom. The summed E-state index contributed by atoms with van der Waals surface area (Å²) in [5, 5.41) is 0. The van der Waals surface area contributed by atoms with Gasteiger partial charge in [-0.3, -0.25) is 0 Å².